The zero-order chi connectivity index (χ0) is 15.8. The van der Waals surface area contributed by atoms with Crippen molar-refractivity contribution in [2.75, 3.05) is 18.8 Å². The number of nitrogens with one attached hydrogen (secondary N) is 1. The number of piperidine rings is 1. The van der Waals surface area contributed by atoms with E-state index in [0.717, 1.165) is 53.0 Å². The highest BCUT2D eigenvalue weighted by molar-refractivity contribution is 14.1. The molecular weight excluding hydrogens is 407 g/mol. The molecule has 0 aliphatic carbocycles. The fourth-order valence-corrected chi connectivity index (χ4v) is 3.88. The van der Waals surface area contributed by atoms with E-state index in [4.69, 9.17) is 5.73 Å². The first kappa shape index (κ1) is 14.8. The van der Waals surface area contributed by atoms with Crippen molar-refractivity contribution in [3.05, 3.63) is 28.2 Å². The van der Waals surface area contributed by atoms with Gasteiger partial charge in [-0.2, -0.15) is 5.10 Å². The summed E-state index contributed by atoms with van der Waals surface area (Å²) in [7, 11) is 0. The Morgan fingerprint density at radius 1 is 1.26 bits per heavy atom. The molecule has 3 N–H and O–H groups in total. The molecule has 4 heterocycles. The summed E-state index contributed by atoms with van der Waals surface area (Å²) in [5, 5.41) is 5.53. The van der Waals surface area contributed by atoms with Crippen LogP contribution in [-0.4, -0.2) is 47.7 Å². The Hall–Kier alpha value is -1.75. The lowest BCUT2D eigenvalue weighted by Gasteiger charge is -2.31. The molecule has 3 aromatic rings. The van der Waals surface area contributed by atoms with Gasteiger partial charge in [0.05, 0.1) is 18.0 Å². The van der Waals surface area contributed by atoms with Gasteiger partial charge in [0.2, 0.25) is 0 Å². The number of hydrogen-bond acceptors (Lipinski definition) is 6. The monoisotopic (exact) mass is 424 g/mol. The molecular formula is C14H17IN8. The quantitative estimate of drug-likeness (QED) is 0.620. The number of H-pyrrole nitrogens is 1. The van der Waals surface area contributed by atoms with E-state index in [2.05, 4.69) is 52.5 Å². The number of nitrogens with zero attached hydrogens (tertiary/aromatic N) is 6. The second-order valence-electron chi connectivity index (χ2n) is 5.74. The van der Waals surface area contributed by atoms with E-state index in [9.17, 15) is 0 Å². The number of aromatic nitrogens is 6. The molecule has 0 radical (unpaired) electrons. The van der Waals surface area contributed by atoms with E-state index in [-0.39, 0.29) is 0 Å². The van der Waals surface area contributed by atoms with Crippen molar-refractivity contribution in [2.45, 2.75) is 25.4 Å². The summed E-state index contributed by atoms with van der Waals surface area (Å²) in [5.41, 5.74) is 6.81. The third-order valence-corrected chi connectivity index (χ3v) is 5.06. The van der Waals surface area contributed by atoms with E-state index in [1.165, 1.54) is 6.33 Å². The van der Waals surface area contributed by atoms with Crippen molar-refractivity contribution in [3.8, 4) is 0 Å². The first-order chi connectivity index (χ1) is 11.2. The Morgan fingerprint density at radius 3 is 2.83 bits per heavy atom. The summed E-state index contributed by atoms with van der Waals surface area (Å²) in [6.07, 6.45) is 7.25. The Kier molecular flexibility index (Phi) is 3.89. The molecule has 23 heavy (non-hydrogen) atoms. The highest BCUT2D eigenvalue weighted by Crippen LogP contribution is 2.29. The standard InChI is InChI=1S/C14H17IN8/c15-12-11-13(16)19-8-20-14(11)23(21-12)9-1-5-22(6-2-9)7-10-17-3-4-18-10/h3-4,8-9H,1-2,5-7H2,(H,17,18)(H2,16,19,20). The first-order valence-corrected chi connectivity index (χ1v) is 8.65. The first-order valence-electron chi connectivity index (χ1n) is 7.57. The van der Waals surface area contributed by atoms with Gasteiger partial charge < -0.3 is 10.7 Å². The van der Waals surface area contributed by atoms with E-state index < -0.39 is 0 Å². The molecule has 1 aliphatic rings. The average molecular weight is 424 g/mol. The molecule has 0 amide bonds. The maximum atomic E-state index is 5.97. The van der Waals surface area contributed by atoms with Crippen molar-refractivity contribution < 1.29 is 0 Å². The molecule has 120 valence electrons. The highest BCUT2D eigenvalue weighted by atomic mass is 127. The van der Waals surface area contributed by atoms with Gasteiger partial charge in [0.1, 0.15) is 21.7 Å². The van der Waals surface area contributed by atoms with Crippen molar-refractivity contribution in [3.63, 3.8) is 0 Å². The molecule has 0 atom stereocenters. The van der Waals surface area contributed by atoms with Crippen LogP contribution in [-0.2, 0) is 6.54 Å². The molecule has 0 unspecified atom stereocenters. The summed E-state index contributed by atoms with van der Waals surface area (Å²) < 4.78 is 2.90. The minimum Gasteiger partial charge on any atom is -0.383 e. The van der Waals surface area contributed by atoms with E-state index in [1.54, 1.807) is 6.20 Å². The zero-order valence-corrected chi connectivity index (χ0v) is 14.6. The zero-order valence-electron chi connectivity index (χ0n) is 12.5. The maximum Gasteiger partial charge on any atom is 0.164 e. The van der Waals surface area contributed by atoms with Gasteiger partial charge in [-0.05, 0) is 35.4 Å². The molecule has 1 aliphatic heterocycles. The van der Waals surface area contributed by atoms with Crippen LogP contribution in [0, 0.1) is 3.70 Å². The number of likely N-dealkylation sites (tertiary alicyclic amines) is 1. The molecule has 8 nitrogen and oxygen atoms in total. The van der Waals surface area contributed by atoms with Crippen molar-refractivity contribution >= 4 is 39.4 Å². The fourth-order valence-electron chi connectivity index (χ4n) is 3.13. The molecule has 0 aromatic carbocycles. The summed E-state index contributed by atoms with van der Waals surface area (Å²) in [6, 6.07) is 0.350. The number of hydrogen-bond donors (Lipinski definition) is 2. The summed E-state index contributed by atoms with van der Waals surface area (Å²) >= 11 is 2.20. The van der Waals surface area contributed by atoms with Gasteiger partial charge in [-0.25, -0.2) is 19.6 Å². The molecule has 4 rings (SSSR count). The van der Waals surface area contributed by atoms with Crippen LogP contribution in [0.3, 0.4) is 0 Å². The Labute approximate surface area is 146 Å². The molecule has 1 fully saturated rings. The van der Waals surface area contributed by atoms with Crippen LogP contribution in [0.1, 0.15) is 24.7 Å². The number of fused-ring (bicyclic) bond motifs is 1. The fraction of sp³-hybridized carbons (Fsp3) is 0.429. The topological polar surface area (TPSA) is 102 Å². The molecule has 0 bridgehead atoms. The lowest BCUT2D eigenvalue weighted by molar-refractivity contribution is 0.172. The van der Waals surface area contributed by atoms with Crippen molar-refractivity contribution in [1.29, 1.82) is 0 Å². The lowest BCUT2D eigenvalue weighted by Crippen LogP contribution is -2.34. The van der Waals surface area contributed by atoms with Gasteiger partial charge in [0.25, 0.3) is 0 Å². The van der Waals surface area contributed by atoms with Crippen LogP contribution in [0.15, 0.2) is 18.7 Å². The predicted octanol–water partition coefficient (Wildman–Crippen LogP) is 1.57. The minimum atomic E-state index is 0.350. The SMILES string of the molecule is Nc1ncnc2c1c(I)nn2C1CCN(Cc2ncc[nH]2)CC1. The van der Waals surface area contributed by atoms with Crippen LogP contribution >= 0.6 is 22.6 Å². The summed E-state index contributed by atoms with van der Waals surface area (Å²) in [6.45, 7) is 2.90. The number of rotatable bonds is 3. The third-order valence-electron chi connectivity index (χ3n) is 4.31. The lowest BCUT2D eigenvalue weighted by atomic mass is 10.1. The summed E-state index contributed by atoms with van der Waals surface area (Å²) in [5.74, 6) is 1.52. The maximum absolute atomic E-state index is 5.97. The number of aromatic amines is 1. The normalized spacial score (nSPS) is 17.1. The van der Waals surface area contributed by atoms with Crippen LogP contribution in [0.4, 0.5) is 5.82 Å². The predicted molar refractivity (Wildman–Crippen MR) is 94.6 cm³/mol. The van der Waals surface area contributed by atoms with Crippen LogP contribution in [0.5, 0.6) is 0 Å². The number of nitrogens with two attached hydrogens (primary N) is 1. The van der Waals surface area contributed by atoms with Crippen LogP contribution in [0.2, 0.25) is 0 Å². The van der Waals surface area contributed by atoms with Crippen LogP contribution < -0.4 is 5.73 Å². The van der Waals surface area contributed by atoms with Gasteiger partial charge in [0, 0.05) is 25.5 Å². The summed E-state index contributed by atoms with van der Waals surface area (Å²) in [4.78, 5) is 18.3. The molecule has 3 aromatic heterocycles. The average Bonchev–Trinajstić information content (AvgIpc) is 3.17. The smallest absolute Gasteiger partial charge is 0.164 e. The molecule has 9 heteroatoms. The molecule has 0 spiro atoms. The van der Waals surface area contributed by atoms with E-state index in [0.29, 0.717) is 11.9 Å². The minimum absolute atomic E-state index is 0.350. The van der Waals surface area contributed by atoms with E-state index in [1.807, 2.05) is 10.9 Å². The van der Waals surface area contributed by atoms with Crippen molar-refractivity contribution in [1.82, 2.24) is 34.6 Å². The second kappa shape index (κ2) is 6.04. The van der Waals surface area contributed by atoms with Gasteiger partial charge >= 0.3 is 0 Å². The van der Waals surface area contributed by atoms with Gasteiger partial charge in [0.15, 0.2) is 5.65 Å². The van der Waals surface area contributed by atoms with Crippen molar-refractivity contribution in [2.24, 2.45) is 0 Å². The van der Waals surface area contributed by atoms with Crippen LogP contribution in [0.25, 0.3) is 11.0 Å². The largest absolute Gasteiger partial charge is 0.383 e. The Morgan fingerprint density at radius 2 is 2.09 bits per heavy atom. The van der Waals surface area contributed by atoms with Gasteiger partial charge in [-0.1, -0.05) is 0 Å². The number of imidazole rings is 1. The van der Waals surface area contributed by atoms with E-state index >= 15 is 0 Å². The van der Waals surface area contributed by atoms with Gasteiger partial charge in [-0.3, -0.25) is 4.90 Å². The Bertz CT molecular complexity index is 804. The number of halogens is 1. The second-order valence-corrected chi connectivity index (χ2v) is 6.76. The van der Waals surface area contributed by atoms with Gasteiger partial charge in [-0.15, -0.1) is 0 Å². The Balaban J connectivity index is 1.51. The number of anilines is 1. The third kappa shape index (κ3) is 2.78. The highest BCUT2D eigenvalue weighted by Gasteiger charge is 2.25. The molecule has 1 saturated heterocycles. The number of nitrogen functional groups attached to an aromatic ring is 1. The molecule has 0 saturated carbocycles.